The summed E-state index contributed by atoms with van der Waals surface area (Å²) < 4.78 is 5.25. The maximum absolute atomic E-state index is 5.25. The molecule has 4 aliphatic rings. The topological polar surface area (TPSA) is 22.2 Å². The van der Waals surface area contributed by atoms with E-state index in [9.17, 15) is 0 Å². The van der Waals surface area contributed by atoms with Crippen LogP contribution in [0.25, 0.3) is 0 Å². The lowest BCUT2D eigenvalue weighted by molar-refractivity contribution is -0.00389. The van der Waals surface area contributed by atoms with Gasteiger partial charge in [0.15, 0.2) is 0 Å². The van der Waals surface area contributed by atoms with Gasteiger partial charge in [-0.3, -0.25) is 19.6 Å². The molecule has 0 bridgehead atoms. The summed E-state index contributed by atoms with van der Waals surface area (Å²) in [5, 5.41) is 0. The van der Waals surface area contributed by atoms with E-state index < -0.39 is 0 Å². The number of likely N-dealkylation sites (tertiary alicyclic amines) is 2. The van der Waals surface area contributed by atoms with Crippen molar-refractivity contribution >= 4 is 11.8 Å². The molecule has 4 saturated heterocycles. The number of hydrogen-bond donors (Lipinski definition) is 0. The standard InChI is InChI=1S/2C9H19N.C8H17NO.C8H17NS.4CH4/c2*1-9(2,3)10-7-5-4-6-8-10;2*1-8(2,3)9-4-6-10-7-5-9;;;;/h2*4-8H2,1-3H3;2*4-7H2,1-3H3;4*1H4. The molecule has 0 aromatic heterocycles. The number of nitrogens with zero attached hydrogens (tertiary/aromatic N) is 4. The first kappa shape index (κ1) is 51.0. The van der Waals surface area contributed by atoms with E-state index in [0.717, 1.165) is 26.3 Å². The molecule has 4 fully saturated rings. The minimum absolute atomic E-state index is 0. The summed E-state index contributed by atoms with van der Waals surface area (Å²) in [4.78, 5) is 10.2. The Morgan fingerprint density at radius 1 is 0.364 bits per heavy atom. The second kappa shape index (κ2) is 24.3. The lowest BCUT2D eigenvalue weighted by atomic mass is 10.0. The first-order valence-corrected chi connectivity index (χ1v) is 17.7. The Morgan fingerprint density at radius 2 is 0.614 bits per heavy atom. The van der Waals surface area contributed by atoms with Crippen LogP contribution in [0, 0.1) is 0 Å². The van der Waals surface area contributed by atoms with Crippen molar-refractivity contribution in [1.82, 2.24) is 19.6 Å². The van der Waals surface area contributed by atoms with Crippen LogP contribution in [0.5, 0.6) is 0 Å². The molecule has 4 heterocycles. The molecule has 0 radical (unpaired) electrons. The van der Waals surface area contributed by atoms with Crippen LogP contribution in [0.3, 0.4) is 0 Å². The molecular formula is C38H88N4OS. The summed E-state index contributed by atoms with van der Waals surface area (Å²) in [5.74, 6) is 2.63. The minimum atomic E-state index is 0. The Labute approximate surface area is 286 Å². The van der Waals surface area contributed by atoms with Crippen molar-refractivity contribution in [2.45, 2.75) is 173 Å². The molecule has 4 rings (SSSR count). The smallest absolute Gasteiger partial charge is 0.0594 e. The van der Waals surface area contributed by atoms with Gasteiger partial charge < -0.3 is 4.74 Å². The highest BCUT2D eigenvalue weighted by molar-refractivity contribution is 7.99. The predicted molar refractivity (Wildman–Crippen MR) is 208 cm³/mol. The van der Waals surface area contributed by atoms with Gasteiger partial charge in [0, 0.05) is 59.8 Å². The third-order valence-electron chi connectivity index (χ3n) is 8.53. The van der Waals surface area contributed by atoms with E-state index in [2.05, 4.69) is 114 Å². The summed E-state index contributed by atoms with van der Waals surface area (Å²) in [6.07, 6.45) is 8.47. The Kier molecular flexibility index (Phi) is 28.2. The van der Waals surface area contributed by atoms with Crippen LogP contribution in [0.2, 0.25) is 0 Å². The molecule has 6 heteroatoms. The fourth-order valence-electron chi connectivity index (χ4n) is 5.60. The third kappa shape index (κ3) is 22.6. The van der Waals surface area contributed by atoms with Gasteiger partial charge in [-0.25, -0.2) is 0 Å². The number of hydrogen-bond acceptors (Lipinski definition) is 6. The van der Waals surface area contributed by atoms with Crippen LogP contribution in [0.15, 0.2) is 0 Å². The molecule has 0 spiro atoms. The molecule has 0 aliphatic carbocycles. The lowest BCUT2D eigenvalue weighted by Crippen LogP contribution is -2.47. The van der Waals surface area contributed by atoms with E-state index in [1.807, 2.05) is 0 Å². The third-order valence-corrected chi connectivity index (χ3v) is 9.47. The second-order valence-corrected chi connectivity index (χ2v) is 17.2. The predicted octanol–water partition coefficient (Wildman–Crippen LogP) is 10.0. The first-order valence-electron chi connectivity index (χ1n) is 16.6. The number of ether oxygens (including phenoxy) is 1. The minimum Gasteiger partial charge on any atom is -0.379 e. The molecule has 0 saturated carbocycles. The molecule has 272 valence electrons. The fraction of sp³-hybridized carbons (Fsp3) is 1.00. The molecule has 0 aromatic carbocycles. The van der Waals surface area contributed by atoms with E-state index in [1.165, 1.54) is 89.3 Å². The summed E-state index contributed by atoms with van der Waals surface area (Å²) >= 11 is 2.07. The van der Waals surface area contributed by atoms with Crippen LogP contribution in [-0.2, 0) is 4.74 Å². The van der Waals surface area contributed by atoms with Crippen molar-refractivity contribution in [3.63, 3.8) is 0 Å². The van der Waals surface area contributed by atoms with E-state index in [1.54, 1.807) is 0 Å². The Hall–Kier alpha value is 0.150. The van der Waals surface area contributed by atoms with Crippen LogP contribution < -0.4 is 0 Å². The van der Waals surface area contributed by atoms with Gasteiger partial charge in [-0.05, 0) is 135 Å². The molecule has 0 atom stereocenters. The zero-order chi connectivity index (χ0) is 30.5. The van der Waals surface area contributed by atoms with Gasteiger partial charge in [0.1, 0.15) is 0 Å². The molecule has 0 aromatic rings. The summed E-state index contributed by atoms with van der Waals surface area (Å²) in [6.45, 7) is 39.2. The summed E-state index contributed by atoms with van der Waals surface area (Å²) in [5.41, 5.74) is 1.52. The van der Waals surface area contributed by atoms with Gasteiger partial charge >= 0.3 is 0 Å². The largest absolute Gasteiger partial charge is 0.379 e. The van der Waals surface area contributed by atoms with Gasteiger partial charge in [0.25, 0.3) is 0 Å². The maximum Gasteiger partial charge on any atom is 0.0594 e. The summed E-state index contributed by atoms with van der Waals surface area (Å²) in [6, 6.07) is 0. The number of morpholine rings is 1. The molecule has 44 heavy (non-hydrogen) atoms. The van der Waals surface area contributed by atoms with Crippen LogP contribution in [-0.4, -0.2) is 119 Å². The van der Waals surface area contributed by atoms with Crippen molar-refractivity contribution in [3.05, 3.63) is 0 Å². The van der Waals surface area contributed by atoms with E-state index >= 15 is 0 Å². The highest BCUT2D eigenvalue weighted by atomic mass is 32.2. The van der Waals surface area contributed by atoms with E-state index in [4.69, 9.17) is 4.74 Å². The first-order chi connectivity index (χ1) is 18.4. The van der Waals surface area contributed by atoms with Crippen molar-refractivity contribution in [2.24, 2.45) is 0 Å². The molecular weight excluding hydrogens is 561 g/mol. The van der Waals surface area contributed by atoms with Gasteiger partial charge in [-0.15, -0.1) is 0 Å². The van der Waals surface area contributed by atoms with E-state index in [0.29, 0.717) is 22.2 Å². The SMILES string of the molecule is C.C.C.C.CC(C)(C)N1CCCCC1.CC(C)(C)N1CCCCC1.CC(C)(C)N1CCOCC1.CC(C)(C)N1CCSCC1. The Balaban J connectivity index is -0.000000235. The van der Waals surface area contributed by atoms with Crippen LogP contribution in [0.4, 0.5) is 0 Å². The molecule has 0 amide bonds. The van der Waals surface area contributed by atoms with Gasteiger partial charge in [-0.1, -0.05) is 42.5 Å². The molecule has 4 aliphatic heterocycles. The van der Waals surface area contributed by atoms with Crippen LogP contribution >= 0.6 is 11.8 Å². The molecule has 0 N–H and O–H groups in total. The quantitative estimate of drug-likeness (QED) is 0.259. The Bertz CT molecular complexity index is 509. The second-order valence-electron chi connectivity index (χ2n) is 16.0. The molecule has 5 nitrogen and oxygen atoms in total. The van der Waals surface area contributed by atoms with Crippen molar-refractivity contribution in [3.8, 4) is 0 Å². The average molecular weight is 649 g/mol. The van der Waals surface area contributed by atoms with Crippen LogP contribution in [0.1, 0.15) is 151 Å². The average Bonchev–Trinajstić information content (AvgIpc) is 2.90. The number of thioether (sulfide) groups is 1. The zero-order valence-electron chi connectivity index (χ0n) is 29.3. The fourth-order valence-corrected chi connectivity index (χ4v) is 6.50. The highest BCUT2D eigenvalue weighted by Gasteiger charge is 2.24. The zero-order valence-corrected chi connectivity index (χ0v) is 30.1. The maximum atomic E-state index is 5.25. The van der Waals surface area contributed by atoms with Crippen molar-refractivity contribution in [2.75, 3.05) is 77.1 Å². The number of rotatable bonds is 0. The van der Waals surface area contributed by atoms with Crippen molar-refractivity contribution in [1.29, 1.82) is 0 Å². The van der Waals surface area contributed by atoms with Gasteiger partial charge in [0.2, 0.25) is 0 Å². The normalized spacial score (nSPS) is 21.0. The van der Waals surface area contributed by atoms with Crippen molar-refractivity contribution < 1.29 is 4.74 Å². The number of piperidine rings is 2. The molecule has 0 unspecified atom stereocenters. The lowest BCUT2D eigenvalue weighted by Gasteiger charge is -2.38. The monoisotopic (exact) mass is 649 g/mol. The Morgan fingerprint density at radius 3 is 0.818 bits per heavy atom. The van der Waals surface area contributed by atoms with Gasteiger partial charge in [-0.2, -0.15) is 11.8 Å². The summed E-state index contributed by atoms with van der Waals surface area (Å²) in [7, 11) is 0. The van der Waals surface area contributed by atoms with Gasteiger partial charge in [0.05, 0.1) is 13.2 Å². The highest BCUT2D eigenvalue weighted by Crippen LogP contribution is 2.21. The van der Waals surface area contributed by atoms with E-state index in [-0.39, 0.29) is 29.7 Å².